The standard InChI is InChI=1S/C20H18F3N5O3/c1-10-9-26-15-16(25(4)19(31)28(17(15)30)11(2)12(3)29)24-18(26)27(10)14-7-5-13(6-8-14)20(21,22)23/h5-9,11H,1-4H3/t11-/m1/s1. The van der Waals surface area contributed by atoms with E-state index in [2.05, 4.69) is 4.98 Å². The van der Waals surface area contributed by atoms with Crippen LogP contribution in [0.3, 0.4) is 0 Å². The molecule has 1 aromatic carbocycles. The maximum absolute atomic E-state index is 13.1. The van der Waals surface area contributed by atoms with E-state index in [1.54, 1.807) is 17.7 Å². The molecule has 3 heterocycles. The molecule has 8 nitrogen and oxygen atoms in total. The van der Waals surface area contributed by atoms with Crippen LogP contribution >= 0.6 is 0 Å². The van der Waals surface area contributed by atoms with E-state index in [9.17, 15) is 27.6 Å². The Labute approximate surface area is 172 Å². The molecule has 0 bridgehead atoms. The Kier molecular flexibility index (Phi) is 4.45. The number of nitrogens with zero attached hydrogens (tertiary/aromatic N) is 5. The molecule has 0 aliphatic carbocycles. The Morgan fingerprint density at radius 1 is 1.13 bits per heavy atom. The van der Waals surface area contributed by atoms with Gasteiger partial charge in [-0.2, -0.15) is 18.2 Å². The van der Waals surface area contributed by atoms with Gasteiger partial charge in [-0.15, -0.1) is 0 Å². The molecule has 0 fully saturated rings. The third-order valence-electron chi connectivity index (χ3n) is 5.40. The van der Waals surface area contributed by atoms with Gasteiger partial charge in [-0.1, -0.05) is 0 Å². The van der Waals surface area contributed by atoms with Crippen molar-refractivity contribution in [1.29, 1.82) is 0 Å². The molecular formula is C20H18F3N5O3. The highest BCUT2D eigenvalue weighted by molar-refractivity contribution is 5.81. The molecule has 3 aromatic heterocycles. The van der Waals surface area contributed by atoms with Gasteiger partial charge in [0, 0.05) is 24.6 Å². The van der Waals surface area contributed by atoms with E-state index in [0.29, 0.717) is 11.4 Å². The van der Waals surface area contributed by atoms with Crippen LogP contribution in [0.2, 0.25) is 0 Å². The third kappa shape index (κ3) is 2.99. The summed E-state index contributed by atoms with van der Waals surface area (Å²) in [6.45, 7) is 4.47. The van der Waals surface area contributed by atoms with E-state index in [0.717, 1.165) is 16.7 Å². The number of hydrogen-bond acceptors (Lipinski definition) is 4. The number of aryl methyl sites for hydroxylation is 2. The zero-order valence-corrected chi connectivity index (χ0v) is 17.1. The molecule has 0 saturated carbocycles. The normalized spacial score (nSPS) is 13.3. The fourth-order valence-corrected chi connectivity index (χ4v) is 3.62. The van der Waals surface area contributed by atoms with Crippen LogP contribution in [0.5, 0.6) is 0 Å². The van der Waals surface area contributed by atoms with Gasteiger partial charge < -0.3 is 0 Å². The van der Waals surface area contributed by atoms with Crippen LogP contribution < -0.4 is 11.2 Å². The van der Waals surface area contributed by atoms with Gasteiger partial charge in [0.05, 0.1) is 11.6 Å². The summed E-state index contributed by atoms with van der Waals surface area (Å²) >= 11 is 0. The van der Waals surface area contributed by atoms with Gasteiger partial charge in [0.25, 0.3) is 5.56 Å². The number of aromatic nitrogens is 5. The van der Waals surface area contributed by atoms with Crippen LogP contribution in [0, 0.1) is 6.92 Å². The molecule has 162 valence electrons. The Morgan fingerprint density at radius 3 is 2.29 bits per heavy atom. The summed E-state index contributed by atoms with van der Waals surface area (Å²) in [6.07, 6.45) is -2.85. The summed E-state index contributed by atoms with van der Waals surface area (Å²) in [5.74, 6) is -0.0922. The Bertz CT molecular complexity index is 1470. The second-order valence-corrected chi connectivity index (χ2v) is 7.41. The van der Waals surface area contributed by atoms with E-state index < -0.39 is 29.0 Å². The number of Topliss-reactive ketones (excluding diaryl/α,β-unsaturated/α-hetero) is 1. The van der Waals surface area contributed by atoms with Crippen molar-refractivity contribution in [2.45, 2.75) is 33.0 Å². The molecule has 1 atom stereocenters. The topological polar surface area (TPSA) is 83.3 Å². The number of imidazole rings is 2. The number of fused-ring (bicyclic) bond motifs is 3. The molecule has 0 aliphatic rings. The quantitative estimate of drug-likeness (QED) is 0.497. The van der Waals surface area contributed by atoms with Gasteiger partial charge in [-0.05, 0) is 45.0 Å². The fraction of sp³-hybridized carbons (Fsp3) is 0.300. The molecule has 0 N–H and O–H groups in total. The Morgan fingerprint density at radius 2 is 1.74 bits per heavy atom. The monoisotopic (exact) mass is 433 g/mol. The first-order valence-corrected chi connectivity index (χ1v) is 9.33. The highest BCUT2D eigenvalue weighted by Crippen LogP contribution is 2.30. The van der Waals surface area contributed by atoms with Crippen molar-refractivity contribution in [2.75, 3.05) is 0 Å². The number of carbonyl (C=O) groups excluding carboxylic acids is 1. The minimum Gasteiger partial charge on any atom is -0.298 e. The van der Waals surface area contributed by atoms with Crippen LogP contribution in [0.25, 0.3) is 22.6 Å². The highest BCUT2D eigenvalue weighted by Gasteiger charge is 2.30. The molecule has 11 heteroatoms. The first-order chi connectivity index (χ1) is 14.4. The minimum atomic E-state index is -4.46. The van der Waals surface area contributed by atoms with Gasteiger partial charge in [-0.3, -0.25) is 23.1 Å². The fourth-order valence-electron chi connectivity index (χ4n) is 3.62. The number of carbonyl (C=O) groups is 1. The van der Waals surface area contributed by atoms with Gasteiger partial charge in [0.15, 0.2) is 16.9 Å². The zero-order chi connectivity index (χ0) is 22.8. The van der Waals surface area contributed by atoms with Crippen molar-refractivity contribution in [3.63, 3.8) is 0 Å². The predicted molar refractivity (Wildman–Crippen MR) is 107 cm³/mol. The third-order valence-corrected chi connectivity index (χ3v) is 5.40. The molecule has 4 aromatic rings. The van der Waals surface area contributed by atoms with Crippen LogP contribution in [0.4, 0.5) is 13.2 Å². The van der Waals surface area contributed by atoms with E-state index in [1.165, 1.54) is 42.0 Å². The smallest absolute Gasteiger partial charge is 0.298 e. The average molecular weight is 433 g/mol. The molecule has 4 rings (SSSR count). The number of halogens is 3. The molecule has 0 aliphatic heterocycles. The van der Waals surface area contributed by atoms with Crippen LogP contribution in [-0.2, 0) is 18.0 Å². The lowest BCUT2D eigenvalue weighted by atomic mass is 10.2. The second kappa shape index (κ2) is 6.69. The van der Waals surface area contributed by atoms with Gasteiger partial charge in [-0.25, -0.2) is 9.36 Å². The predicted octanol–water partition coefficient (Wildman–Crippen LogP) is 2.62. The summed E-state index contributed by atoms with van der Waals surface area (Å²) in [5.41, 5.74) is -0.899. The lowest BCUT2D eigenvalue weighted by Gasteiger charge is -2.12. The number of rotatable bonds is 3. The molecule has 31 heavy (non-hydrogen) atoms. The summed E-state index contributed by atoms with van der Waals surface area (Å²) in [6, 6.07) is 3.59. The lowest BCUT2D eigenvalue weighted by molar-refractivity contribution is -0.137. The molecular weight excluding hydrogens is 415 g/mol. The number of hydrogen-bond donors (Lipinski definition) is 0. The van der Waals surface area contributed by atoms with E-state index in [4.69, 9.17) is 0 Å². The van der Waals surface area contributed by atoms with Gasteiger partial charge in [0.2, 0.25) is 5.78 Å². The maximum atomic E-state index is 13.1. The lowest BCUT2D eigenvalue weighted by Crippen LogP contribution is -2.42. The molecule has 0 radical (unpaired) electrons. The number of benzene rings is 1. The number of ketones is 1. The van der Waals surface area contributed by atoms with E-state index in [-0.39, 0.29) is 22.7 Å². The molecule has 0 spiro atoms. The van der Waals surface area contributed by atoms with Crippen molar-refractivity contribution in [1.82, 2.24) is 23.1 Å². The second-order valence-electron chi connectivity index (χ2n) is 7.41. The first-order valence-electron chi connectivity index (χ1n) is 9.33. The SMILES string of the molecule is CC(=O)[C@@H](C)n1c(=O)c2c(nc3n(-c4ccc(C(F)(F)F)cc4)c(C)cn23)n(C)c1=O. The van der Waals surface area contributed by atoms with Gasteiger partial charge in [0.1, 0.15) is 0 Å². The van der Waals surface area contributed by atoms with Crippen molar-refractivity contribution < 1.29 is 18.0 Å². The summed E-state index contributed by atoms with van der Waals surface area (Å²) in [5, 5.41) is 0. The van der Waals surface area contributed by atoms with Crippen LogP contribution in [0.1, 0.15) is 31.1 Å². The Hall–Kier alpha value is -3.63. The number of alkyl halides is 3. The van der Waals surface area contributed by atoms with E-state index >= 15 is 0 Å². The van der Waals surface area contributed by atoms with Crippen molar-refractivity contribution in [2.24, 2.45) is 7.05 Å². The highest BCUT2D eigenvalue weighted by atomic mass is 19.4. The largest absolute Gasteiger partial charge is 0.416 e. The summed E-state index contributed by atoms with van der Waals surface area (Å²) in [4.78, 5) is 42.1. The Balaban J connectivity index is 2.04. The van der Waals surface area contributed by atoms with Crippen LogP contribution in [0.15, 0.2) is 40.1 Å². The minimum absolute atomic E-state index is 0.0963. The van der Waals surface area contributed by atoms with Crippen LogP contribution in [-0.4, -0.2) is 28.9 Å². The molecule has 0 saturated heterocycles. The molecule has 0 unspecified atom stereocenters. The van der Waals surface area contributed by atoms with Crippen molar-refractivity contribution in [3.05, 3.63) is 62.6 Å². The molecule has 0 amide bonds. The average Bonchev–Trinajstić information content (AvgIpc) is 3.20. The van der Waals surface area contributed by atoms with Gasteiger partial charge >= 0.3 is 11.9 Å². The maximum Gasteiger partial charge on any atom is 0.416 e. The summed E-state index contributed by atoms with van der Waals surface area (Å²) < 4.78 is 43.8. The van der Waals surface area contributed by atoms with Crippen molar-refractivity contribution in [3.8, 4) is 5.69 Å². The zero-order valence-electron chi connectivity index (χ0n) is 17.1. The first kappa shape index (κ1) is 20.6. The summed E-state index contributed by atoms with van der Waals surface area (Å²) in [7, 11) is 1.44. The van der Waals surface area contributed by atoms with E-state index in [1.807, 2.05) is 0 Å². The van der Waals surface area contributed by atoms with Crippen molar-refractivity contribution >= 4 is 22.7 Å².